The van der Waals surface area contributed by atoms with E-state index in [4.69, 9.17) is 0 Å². The van der Waals surface area contributed by atoms with E-state index in [2.05, 4.69) is 11.5 Å². The molecule has 0 amide bonds. The largest absolute Gasteiger partial charge is 2.00 e. The molecule has 0 saturated heterocycles. The summed E-state index contributed by atoms with van der Waals surface area (Å²) in [5.74, 6) is 0. The van der Waals surface area contributed by atoms with Crippen molar-refractivity contribution in [3.63, 3.8) is 0 Å². The molecule has 10 heavy (non-hydrogen) atoms. The van der Waals surface area contributed by atoms with E-state index in [9.17, 15) is 0 Å². The Labute approximate surface area is 77.5 Å². The molecule has 0 fully saturated rings. The zero-order chi connectivity index (χ0) is 6.10. The Kier molecular flexibility index (Phi) is 2.70. The standard InChI is InChI=1S/C8H4S.Zn/c1-2-4-7(5-3-1)8-6-9-8;/h1-4H;/q-2;+2. The molecule has 0 nitrogen and oxygen atoms in total. The fourth-order valence-corrected chi connectivity index (χ4v) is 1.07. The minimum atomic E-state index is 0. The van der Waals surface area contributed by atoms with Crippen LogP contribution < -0.4 is 0 Å². The van der Waals surface area contributed by atoms with Gasteiger partial charge in [0.2, 0.25) is 0 Å². The molecule has 44 valence electrons. The number of benzene rings is 1. The molecule has 0 radical (unpaired) electrons. The molecule has 0 bridgehead atoms. The topological polar surface area (TPSA) is 0 Å². The van der Waals surface area contributed by atoms with E-state index in [1.54, 1.807) is 11.8 Å². The Morgan fingerprint density at radius 1 is 1.30 bits per heavy atom. The van der Waals surface area contributed by atoms with Gasteiger partial charge in [0, 0.05) is 0 Å². The average molecular weight is 198 g/mol. The summed E-state index contributed by atoms with van der Waals surface area (Å²) in [7, 11) is 0. The van der Waals surface area contributed by atoms with Crippen LogP contribution in [0, 0.1) is 11.5 Å². The molecule has 1 aromatic carbocycles. The van der Waals surface area contributed by atoms with Gasteiger partial charge in [-0.1, -0.05) is 0 Å². The van der Waals surface area contributed by atoms with Gasteiger partial charge in [0.25, 0.3) is 0 Å². The van der Waals surface area contributed by atoms with Gasteiger partial charge in [-0.3, -0.25) is 11.0 Å². The molecule has 1 aliphatic heterocycles. The molecule has 0 saturated carbocycles. The van der Waals surface area contributed by atoms with Gasteiger partial charge < -0.3 is 11.8 Å². The third kappa shape index (κ3) is 1.71. The molecule has 1 aromatic rings. The normalized spacial score (nSPS) is 13.4. The van der Waals surface area contributed by atoms with E-state index in [0.29, 0.717) is 0 Å². The van der Waals surface area contributed by atoms with Gasteiger partial charge in [-0.05, 0) is 0 Å². The Morgan fingerprint density at radius 3 is 2.60 bits per heavy atom. The van der Waals surface area contributed by atoms with E-state index in [1.165, 1.54) is 10.5 Å². The van der Waals surface area contributed by atoms with Crippen molar-refractivity contribution >= 4 is 16.7 Å². The Balaban J connectivity index is 0.000000500. The summed E-state index contributed by atoms with van der Waals surface area (Å²) in [5, 5.41) is 3.05. The van der Waals surface area contributed by atoms with Crippen molar-refractivity contribution in [1.29, 1.82) is 0 Å². The van der Waals surface area contributed by atoms with Crippen LogP contribution in [0.3, 0.4) is 0 Å². The summed E-state index contributed by atoms with van der Waals surface area (Å²) in [6, 6.07) is 11.1. The van der Waals surface area contributed by atoms with Crippen LogP contribution >= 0.6 is 11.8 Å². The molecular weight excluding hydrogens is 194 g/mol. The average Bonchev–Trinajstić information content (AvgIpc) is 2.71. The summed E-state index contributed by atoms with van der Waals surface area (Å²) >= 11 is 1.66. The van der Waals surface area contributed by atoms with Crippen molar-refractivity contribution in [2.45, 2.75) is 0 Å². The molecule has 0 atom stereocenters. The van der Waals surface area contributed by atoms with Crippen molar-refractivity contribution < 1.29 is 19.5 Å². The molecule has 0 N–H and O–H groups in total. The van der Waals surface area contributed by atoms with Crippen LogP contribution in [-0.4, -0.2) is 0 Å². The predicted molar refractivity (Wildman–Crippen MR) is 39.5 cm³/mol. The molecule has 0 spiro atoms. The molecule has 0 aromatic heterocycles. The fraction of sp³-hybridized carbons (Fsp3) is 0. The summed E-state index contributed by atoms with van der Waals surface area (Å²) in [6.45, 7) is 0. The molecule has 0 aliphatic carbocycles. The van der Waals surface area contributed by atoms with E-state index in [1.807, 2.05) is 24.3 Å². The van der Waals surface area contributed by atoms with Crippen LogP contribution in [0.2, 0.25) is 0 Å². The Morgan fingerprint density at radius 2 is 2.10 bits per heavy atom. The van der Waals surface area contributed by atoms with Crippen molar-refractivity contribution in [3.8, 4) is 0 Å². The SMILES string of the molecule is [C-]1=C(c2[c-]cccc2)S1.[Zn+2]. The van der Waals surface area contributed by atoms with E-state index in [0.717, 1.165) is 0 Å². The number of rotatable bonds is 1. The van der Waals surface area contributed by atoms with Gasteiger partial charge in [0.1, 0.15) is 0 Å². The van der Waals surface area contributed by atoms with Gasteiger partial charge >= 0.3 is 19.5 Å². The first-order valence-electron chi connectivity index (χ1n) is 2.74. The van der Waals surface area contributed by atoms with E-state index >= 15 is 0 Å². The first kappa shape index (κ1) is 8.03. The van der Waals surface area contributed by atoms with E-state index in [-0.39, 0.29) is 19.5 Å². The summed E-state index contributed by atoms with van der Waals surface area (Å²) in [6.07, 6.45) is 0. The third-order valence-corrected chi connectivity index (χ3v) is 1.79. The second kappa shape index (κ2) is 3.36. The monoisotopic (exact) mass is 196 g/mol. The van der Waals surface area contributed by atoms with Crippen LogP contribution in [0.25, 0.3) is 4.91 Å². The summed E-state index contributed by atoms with van der Waals surface area (Å²) in [5.41, 5.74) is 1.17. The maximum absolute atomic E-state index is 3.11. The molecular formula is C8H4SZn. The van der Waals surface area contributed by atoms with Crippen LogP contribution in [0.15, 0.2) is 24.3 Å². The first-order chi connectivity index (χ1) is 4.47. The zero-order valence-electron chi connectivity index (χ0n) is 5.42. The predicted octanol–water partition coefficient (Wildman–Crippen LogP) is 2.33. The Hall–Kier alpha value is -0.0666. The van der Waals surface area contributed by atoms with Gasteiger partial charge in [0.15, 0.2) is 0 Å². The van der Waals surface area contributed by atoms with E-state index < -0.39 is 0 Å². The molecule has 0 unspecified atom stereocenters. The second-order valence-corrected chi connectivity index (χ2v) is 2.63. The van der Waals surface area contributed by atoms with Crippen molar-refractivity contribution in [3.05, 3.63) is 41.3 Å². The van der Waals surface area contributed by atoms with Gasteiger partial charge in [0.05, 0.1) is 0 Å². The molecule has 1 aliphatic rings. The summed E-state index contributed by atoms with van der Waals surface area (Å²) < 4.78 is 0. The van der Waals surface area contributed by atoms with Crippen LogP contribution in [0.5, 0.6) is 0 Å². The maximum Gasteiger partial charge on any atom is 2.00 e. The quantitative estimate of drug-likeness (QED) is 0.492. The van der Waals surface area contributed by atoms with Crippen LogP contribution in [0.1, 0.15) is 5.56 Å². The van der Waals surface area contributed by atoms with Gasteiger partial charge in [-0.2, -0.15) is 12.1 Å². The first-order valence-corrected chi connectivity index (χ1v) is 3.55. The smallest absolute Gasteiger partial charge is 0.310 e. The number of thioether (sulfide) groups is 1. The molecule has 2 heteroatoms. The second-order valence-electron chi connectivity index (χ2n) is 1.81. The zero-order valence-corrected chi connectivity index (χ0v) is 9.21. The minimum absolute atomic E-state index is 0. The summed E-state index contributed by atoms with van der Waals surface area (Å²) in [4.78, 5) is 1.23. The van der Waals surface area contributed by atoms with Crippen molar-refractivity contribution in [2.24, 2.45) is 0 Å². The maximum atomic E-state index is 3.11. The minimum Gasteiger partial charge on any atom is -0.310 e. The van der Waals surface area contributed by atoms with Crippen molar-refractivity contribution in [2.75, 3.05) is 0 Å². The van der Waals surface area contributed by atoms with Crippen LogP contribution in [-0.2, 0) is 19.5 Å². The number of hydrogen-bond acceptors (Lipinski definition) is 1. The molecule has 1 heterocycles. The van der Waals surface area contributed by atoms with Gasteiger partial charge in [-0.15, -0.1) is 6.07 Å². The Bertz CT molecular complexity index is 241. The number of hydrogen-bond donors (Lipinski definition) is 0. The van der Waals surface area contributed by atoms with Gasteiger partial charge in [-0.25, -0.2) is 17.0 Å². The third-order valence-electron chi connectivity index (χ3n) is 1.16. The fourth-order valence-electron chi connectivity index (χ4n) is 0.670. The molecule has 2 rings (SSSR count). The van der Waals surface area contributed by atoms with Crippen molar-refractivity contribution in [1.82, 2.24) is 0 Å². The van der Waals surface area contributed by atoms with Crippen LogP contribution in [0.4, 0.5) is 0 Å².